The average molecular weight is 147 g/mol. The molecular weight excluding hydrogens is 136 g/mol. The molecule has 0 aromatic carbocycles. The summed E-state index contributed by atoms with van der Waals surface area (Å²) < 4.78 is 5.19. The molecule has 1 rings (SSSR count). The summed E-state index contributed by atoms with van der Waals surface area (Å²) in [5.41, 5.74) is 0. The van der Waals surface area contributed by atoms with Gasteiger partial charge in [-0.15, -0.1) is 0 Å². The molecule has 0 radical (unpaired) electrons. The van der Waals surface area contributed by atoms with Crippen molar-refractivity contribution in [1.29, 1.82) is 0 Å². The molecule has 0 atom stereocenters. The summed E-state index contributed by atoms with van der Waals surface area (Å²) >= 11 is 1.82. The van der Waals surface area contributed by atoms with Gasteiger partial charge < -0.3 is 0 Å². The van der Waals surface area contributed by atoms with Gasteiger partial charge in [0.1, 0.15) is 0 Å². The van der Waals surface area contributed by atoms with Gasteiger partial charge in [0.25, 0.3) is 0 Å². The second kappa shape index (κ2) is 3.65. The minimum atomic E-state index is 0.587. The van der Waals surface area contributed by atoms with E-state index in [-0.39, 0.29) is 0 Å². The standard InChI is InChI=1S/C6H11O.Ti/c7-6-4-2-1-3-5-6;/h6H,1-5H2;/q-1;+1. The van der Waals surface area contributed by atoms with Gasteiger partial charge in [-0.25, -0.2) is 0 Å². The van der Waals surface area contributed by atoms with Crippen molar-refractivity contribution in [1.82, 2.24) is 0 Å². The summed E-state index contributed by atoms with van der Waals surface area (Å²) in [7, 11) is 0. The molecule has 1 aliphatic carbocycles. The van der Waals surface area contributed by atoms with Crippen LogP contribution in [0.25, 0.3) is 0 Å². The number of rotatable bonds is 1. The fraction of sp³-hybridized carbons (Fsp3) is 1.00. The Labute approximate surface area is 62.7 Å². The van der Waals surface area contributed by atoms with Crippen molar-refractivity contribution in [2.45, 2.75) is 38.2 Å². The molecule has 2 heteroatoms. The molecule has 0 spiro atoms. The quantitative estimate of drug-likeness (QED) is 0.514. The van der Waals surface area contributed by atoms with Crippen LogP contribution in [-0.2, 0) is 24.1 Å². The van der Waals surface area contributed by atoms with E-state index in [0.717, 1.165) is 0 Å². The van der Waals surface area contributed by atoms with Crippen LogP contribution in [0.15, 0.2) is 0 Å². The second-order valence-electron chi connectivity index (χ2n) is 2.38. The summed E-state index contributed by atoms with van der Waals surface area (Å²) in [6, 6.07) is 0. The zero-order chi connectivity index (χ0) is 5.82. The van der Waals surface area contributed by atoms with Gasteiger partial charge in [-0.1, -0.05) is 0 Å². The van der Waals surface area contributed by atoms with E-state index in [1.54, 1.807) is 0 Å². The predicted octanol–water partition coefficient (Wildman–Crippen LogP) is 1.80. The molecule has 8 heavy (non-hydrogen) atoms. The van der Waals surface area contributed by atoms with Crippen molar-refractivity contribution in [2.75, 3.05) is 0 Å². The topological polar surface area (TPSA) is 9.23 Å². The molecule has 0 saturated heterocycles. The Morgan fingerprint density at radius 2 is 1.75 bits per heavy atom. The summed E-state index contributed by atoms with van der Waals surface area (Å²) in [4.78, 5) is 0. The van der Waals surface area contributed by atoms with Gasteiger partial charge in [0, 0.05) is 0 Å². The maximum absolute atomic E-state index is 5.19. The van der Waals surface area contributed by atoms with E-state index in [1.807, 2.05) is 20.8 Å². The van der Waals surface area contributed by atoms with Crippen molar-refractivity contribution in [3.8, 4) is 0 Å². The predicted molar refractivity (Wildman–Crippen MR) is 28.0 cm³/mol. The summed E-state index contributed by atoms with van der Waals surface area (Å²) in [6.07, 6.45) is 7.33. The molecule has 0 amide bonds. The van der Waals surface area contributed by atoms with Crippen LogP contribution in [0, 0.1) is 0 Å². The molecule has 0 aromatic heterocycles. The number of hydrogen-bond acceptors (Lipinski definition) is 1. The van der Waals surface area contributed by atoms with E-state index in [1.165, 1.54) is 32.1 Å². The van der Waals surface area contributed by atoms with Crippen LogP contribution in [0.3, 0.4) is 0 Å². The number of hydrogen-bond donors (Lipinski definition) is 0. The molecule has 45 valence electrons. The minimum absolute atomic E-state index is 0.587. The van der Waals surface area contributed by atoms with Gasteiger partial charge in [0.05, 0.1) is 0 Å². The first-order chi connectivity index (χ1) is 3.93. The molecule has 0 heterocycles. The second-order valence-corrected chi connectivity index (χ2v) is 2.75. The first-order valence-electron chi connectivity index (χ1n) is 3.26. The Balaban J connectivity index is 2.13. The van der Waals surface area contributed by atoms with Crippen molar-refractivity contribution in [3.63, 3.8) is 0 Å². The maximum atomic E-state index is 5.19. The summed E-state index contributed by atoms with van der Waals surface area (Å²) in [6.45, 7) is 0. The third-order valence-electron chi connectivity index (χ3n) is 1.72. The molecule has 0 N–H and O–H groups in total. The van der Waals surface area contributed by atoms with E-state index < -0.39 is 0 Å². The van der Waals surface area contributed by atoms with Gasteiger partial charge in [-0.2, -0.15) is 0 Å². The molecular formula is C6H11OTi. The SMILES string of the molecule is [Ti][O]C1CCCCC1. The van der Waals surface area contributed by atoms with E-state index >= 15 is 0 Å². The fourth-order valence-electron chi connectivity index (χ4n) is 1.18. The first kappa shape index (κ1) is 6.79. The molecule has 1 fully saturated rings. The zero-order valence-corrected chi connectivity index (χ0v) is 6.58. The Kier molecular flexibility index (Phi) is 3.10. The van der Waals surface area contributed by atoms with Crippen LogP contribution < -0.4 is 0 Å². The van der Waals surface area contributed by atoms with E-state index in [2.05, 4.69) is 0 Å². The van der Waals surface area contributed by atoms with Crippen LogP contribution in [0.1, 0.15) is 32.1 Å². The van der Waals surface area contributed by atoms with E-state index in [0.29, 0.717) is 6.10 Å². The van der Waals surface area contributed by atoms with Crippen molar-refractivity contribution in [3.05, 3.63) is 0 Å². The van der Waals surface area contributed by atoms with Crippen LogP contribution in [0.5, 0.6) is 0 Å². The van der Waals surface area contributed by atoms with Crippen LogP contribution >= 0.6 is 0 Å². The molecule has 1 nitrogen and oxygen atoms in total. The van der Waals surface area contributed by atoms with Crippen LogP contribution in [0.4, 0.5) is 0 Å². The molecule has 1 saturated carbocycles. The van der Waals surface area contributed by atoms with Crippen molar-refractivity contribution >= 4 is 0 Å². The van der Waals surface area contributed by atoms with E-state index in [9.17, 15) is 0 Å². The first-order valence-corrected chi connectivity index (χ1v) is 3.89. The van der Waals surface area contributed by atoms with Crippen LogP contribution in [0.2, 0.25) is 0 Å². The van der Waals surface area contributed by atoms with Gasteiger partial charge >= 0.3 is 62.4 Å². The van der Waals surface area contributed by atoms with Gasteiger partial charge in [0.2, 0.25) is 0 Å². The summed E-state index contributed by atoms with van der Waals surface area (Å²) in [5, 5.41) is 0. The Morgan fingerprint density at radius 3 is 2.12 bits per heavy atom. The molecule has 0 bridgehead atoms. The van der Waals surface area contributed by atoms with Crippen molar-refractivity contribution in [2.24, 2.45) is 0 Å². The van der Waals surface area contributed by atoms with Gasteiger partial charge in [-0.3, -0.25) is 0 Å². The fourth-order valence-corrected chi connectivity index (χ4v) is 1.55. The Bertz CT molecular complexity index is 59.5. The molecule has 0 aromatic rings. The van der Waals surface area contributed by atoms with Crippen LogP contribution in [-0.4, -0.2) is 6.10 Å². The van der Waals surface area contributed by atoms with Crippen molar-refractivity contribution < 1.29 is 24.1 Å². The molecule has 0 aliphatic heterocycles. The third kappa shape index (κ3) is 1.89. The monoisotopic (exact) mass is 147 g/mol. The van der Waals surface area contributed by atoms with Gasteiger partial charge in [0.15, 0.2) is 0 Å². The Hall–Kier alpha value is 0.674. The molecule has 0 unspecified atom stereocenters. The summed E-state index contributed by atoms with van der Waals surface area (Å²) in [5.74, 6) is 0. The van der Waals surface area contributed by atoms with Gasteiger partial charge in [-0.05, 0) is 0 Å². The normalized spacial score (nSPS) is 23.4. The third-order valence-corrected chi connectivity index (χ3v) is 2.24. The Morgan fingerprint density at radius 1 is 1.12 bits per heavy atom. The average Bonchev–Trinajstić information content (AvgIpc) is 1.90. The molecule has 1 aliphatic rings. The zero-order valence-electron chi connectivity index (χ0n) is 5.02. The van der Waals surface area contributed by atoms with E-state index in [4.69, 9.17) is 3.32 Å².